The van der Waals surface area contributed by atoms with Crippen molar-refractivity contribution in [2.24, 2.45) is 0 Å². The number of aliphatic hydroxyl groups is 1. The molecule has 4 aromatic rings. The first-order valence-electron chi connectivity index (χ1n) is 13.6. The van der Waals surface area contributed by atoms with E-state index in [2.05, 4.69) is 10.6 Å². The average Bonchev–Trinajstić information content (AvgIpc) is 3.03. The minimum absolute atomic E-state index is 0.0431. The van der Waals surface area contributed by atoms with E-state index in [1.165, 1.54) is 11.8 Å². The molecule has 3 unspecified atom stereocenters. The molecule has 1 aliphatic heterocycles. The summed E-state index contributed by atoms with van der Waals surface area (Å²) in [6, 6.07) is 31.2. The van der Waals surface area contributed by atoms with Crippen molar-refractivity contribution in [2.45, 2.75) is 43.0 Å². The highest BCUT2D eigenvalue weighted by molar-refractivity contribution is 7.99. The highest BCUT2D eigenvalue weighted by Crippen LogP contribution is 2.40. The molecule has 4 aromatic carbocycles. The van der Waals surface area contributed by atoms with Crippen LogP contribution in [0.25, 0.3) is 0 Å². The van der Waals surface area contributed by atoms with Crippen LogP contribution in [0.4, 0.5) is 10.5 Å². The number of hydrogen-bond donors (Lipinski definition) is 4. The van der Waals surface area contributed by atoms with Crippen molar-refractivity contribution in [3.63, 3.8) is 0 Å². The third kappa shape index (κ3) is 7.77. The topological polar surface area (TPSA) is 117 Å². The molecular weight excluding hydrogens is 552 g/mol. The molecule has 2 amide bonds. The van der Waals surface area contributed by atoms with Crippen molar-refractivity contribution in [1.82, 2.24) is 5.32 Å². The molecule has 216 valence electrons. The summed E-state index contributed by atoms with van der Waals surface area (Å²) in [5, 5.41) is 24.8. The van der Waals surface area contributed by atoms with Crippen LogP contribution in [0.5, 0.6) is 0 Å². The number of rotatable bonds is 10. The van der Waals surface area contributed by atoms with Crippen LogP contribution in [-0.2, 0) is 22.6 Å². The number of carboxylic acid groups (broad SMARTS) is 1. The van der Waals surface area contributed by atoms with Gasteiger partial charge in [-0.05, 0) is 41.0 Å². The van der Waals surface area contributed by atoms with Crippen molar-refractivity contribution in [1.29, 1.82) is 0 Å². The van der Waals surface area contributed by atoms with Gasteiger partial charge in [-0.25, -0.2) is 9.59 Å². The molecule has 3 atom stereocenters. The van der Waals surface area contributed by atoms with Gasteiger partial charge in [0, 0.05) is 34.9 Å². The zero-order valence-electron chi connectivity index (χ0n) is 22.8. The maximum atomic E-state index is 12.6. The fourth-order valence-corrected chi connectivity index (χ4v) is 5.76. The number of nitrogens with one attached hydrogen (secondary N) is 2. The fraction of sp³-hybridized carbons (Fsp3) is 0.212. The Labute approximate surface area is 248 Å². The van der Waals surface area contributed by atoms with Gasteiger partial charge in [-0.2, -0.15) is 0 Å². The second-order valence-corrected chi connectivity index (χ2v) is 10.9. The van der Waals surface area contributed by atoms with Crippen LogP contribution < -0.4 is 10.6 Å². The van der Waals surface area contributed by atoms with Crippen molar-refractivity contribution in [3.05, 3.63) is 131 Å². The van der Waals surface area contributed by atoms with Gasteiger partial charge in [0.1, 0.15) is 0 Å². The number of hydrogen-bond acceptors (Lipinski definition) is 6. The number of anilines is 1. The quantitative estimate of drug-likeness (QED) is 0.157. The number of urea groups is 1. The van der Waals surface area contributed by atoms with E-state index in [0.29, 0.717) is 29.3 Å². The molecule has 1 saturated heterocycles. The highest BCUT2D eigenvalue weighted by Gasteiger charge is 2.32. The van der Waals surface area contributed by atoms with E-state index in [1.54, 1.807) is 24.3 Å². The normalized spacial score (nSPS) is 18.3. The van der Waals surface area contributed by atoms with Crippen LogP contribution in [0.3, 0.4) is 0 Å². The lowest BCUT2D eigenvalue weighted by molar-refractivity contribution is -0.245. The van der Waals surface area contributed by atoms with Gasteiger partial charge in [-0.3, -0.25) is 0 Å². The Hall–Kier alpha value is -4.15. The van der Waals surface area contributed by atoms with E-state index in [0.717, 1.165) is 22.3 Å². The van der Waals surface area contributed by atoms with Gasteiger partial charge in [0.25, 0.3) is 0 Å². The first-order valence-corrected chi connectivity index (χ1v) is 14.6. The zero-order valence-corrected chi connectivity index (χ0v) is 23.6. The van der Waals surface area contributed by atoms with Gasteiger partial charge >= 0.3 is 12.0 Å². The standard InChI is InChI=1S/C33H32N2O6S/c36-20-23-13-15-24(16-14-23)29-18-27(21-42-30-12-5-4-11-28(30)31(37)38)40-32(41-29)25-9-6-10-26(17-25)35-33(39)34-19-22-7-2-1-3-8-22/h1-17,27,29,32,36H,18-21H2,(H,37,38)(H2,34,35,39). The number of benzene rings is 4. The van der Waals surface area contributed by atoms with Crippen LogP contribution in [0.1, 0.15) is 51.4 Å². The van der Waals surface area contributed by atoms with Crippen LogP contribution in [0, 0.1) is 0 Å². The molecule has 4 N–H and O–H groups in total. The molecule has 5 rings (SSSR count). The number of aliphatic hydroxyl groups excluding tert-OH is 1. The third-order valence-corrected chi connectivity index (χ3v) is 8.08. The predicted molar refractivity (Wildman–Crippen MR) is 161 cm³/mol. The first kappa shape index (κ1) is 29.3. The number of thioether (sulfide) groups is 1. The Morgan fingerprint density at radius 3 is 2.36 bits per heavy atom. The Morgan fingerprint density at radius 2 is 1.60 bits per heavy atom. The van der Waals surface area contributed by atoms with Crippen molar-refractivity contribution in [2.75, 3.05) is 11.1 Å². The van der Waals surface area contributed by atoms with Crippen LogP contribution in [0.15, 0.2) is 108 Å². The lowest BCUT2D eigenvalue weighted by Crippen LogP contribution is -2.31. The lowest BCUT2D eigenvalue weighted by atomic mass is 10.0. The van der Waals surface area contributed by atoms with Crippen molar-refractivity contribution < 1.29 is 29.3 Å². The lowest BCUT2D eigenvalue weighted by Gasteiger charge is -2.36. The molecule has 8 nitrogen and oxygen atoms in total. The number of aromatic carboxylic acids is 1. The first-order chi connectivity index (χ1) is 20.5. The molecule has 0 saturated carbocycles. The monoisotopic (exact) mass is 584 g/mol. The van der Waals surface area contributed by atoms with Gasteiger partial charge in [0.05, 0.1) is 24.4 Å². The Morgan fingerprint density at radius 1 is 0.833 bits per heavy atom. The smallest absolute Gasteiger partial charge is 0.336 e. The van der Waals surface area contributed by atoms with E-state index < -0.39 is 12.3 Å². The SMILES string of the molecule is O=C(NCc1ccccc1)Nc1cccc(C2OC(CSc3ccccc3C(=O)O)CC(c3ccc(CO)cc3)O2)c1. The number of carboxylic acids is 1. The van der Waals surface area contributed by atoms with E-state index >= 15 is 0 Å². The number of carbonyl (C=O) groups excluding carboxylic acids is 1. The van der Waals surface area contributed by atoms with E-state index in [1.807, 2.05) is 78.9 Å². The van der Waals surface area contributed by atoms with Crippen molar-refractivity contribution >= 4 is 29.4 Å². The van der Waals surface area contributed by atoms with E-state index in [-0.39, 0.29) is 30.4 Å². The maximum Gasteiger partial charge on any atom is 0.336 e. The molecular formula is C33H32N2O6S. The van der Waals surface area contributed by atoms with Gasteiger partial charge in [0.15, 0.2) is 6.29 Å². The molecule has 0 spiro atoms. The molecule has 0 radical (unpaired) electrons. The molecule has 1 aliphatic rings. The van der Waals surface area contributed by atoms with E-state index in [4.69, 9.17) is 9.47 Å². The Kier molecular flexibility index (Phi) is 9.89. The Bertz CT molecular complexity index is 1500. The molecule has 0 aliphatic carbocycles. The number of amides is 2. The van der Waals surface area contributed by atoms with Crippen LogP contribution in [-0.4, -0.2) is 34.1 Å². The largest absolute Gasteiger partial charge is 0.478 e. The van der Waals surface area contributed by atoms with Gasteiger partial charge < -0.3 is 30.3 Å². The molecule has 9 heteroatoms. The van der Waals surface area contributed by atoms with Crippen molar-refractivity contribution in [3.8, 4) is 0 Å². The summed E-state index contributed by atoms with van der Waals surface area (Å²) in [7, 11) is 0. The summed E-state index contributed by atoms with van der Waals surface area (Å²) < 4.78 is 12.8. The summed E-state index contributed by atoms with van der Waals surface area (Å²) in [4.78, 5) is 24.9. The van der Waals surface area contributed by atoms with E-state index in [9.17, 15) is 19.8 Å². The highest BCUT2D eigenvalue weighted by atomic mass is 32.2. The summed E-state index contributed by atoms with van der Waals surface area (Å²) in [5.41, 5.74) is 4.36. The Balaban J connectivity index is 1.31. The number of carbonyl (C=O) groups is 2. The predicted octanol–water partition coefficient (Wildman–Crippen LogP) is 6.54. The van der Waals surface area contributed by atoms with Gasteiger partial charge in [-0.1, -0.05) is 78.9 Å². The summed E-state index contributed by atoms with van der Waals surface area (Å²) in [5.74, 6) is -0.447. The van der Waals surface area contributed by atoms with Gasteiger partial charge in [0.2, 0.25) is 0 Å². The molecule has 1 fully saturated rings. The van der Waals surface area contributed by atoms with Crippen LogP contribution in [0.2, 0.25) is 0 Å². The fourth-order valence-electron chi connectivity index (χ4n) is 4.69. The minimum atomic E-state index is -0.970. The zero-order chi connectivity index (χ0) is 29.3. The maximum absolute atomic E-state index is 12.6. The molecule has 0 bridgehead atoms. The number of ether oxygens (including phenoxy) is 2. The van der Waals surface area contributed by atoms with Crippen LogP contribution >= 0.6 is 11.8 Å². The van der Waals surface area contributed by atoms with Gasteiger partial charge in [-0.15, -0.1) is 11.8 Å². The molecule has 1 heterocycles. The third-order valence-electron chi connectivity index (χ3n) is 6.87. The second-order valence-electron chi connectivity index (χ2n) is 9.88. The second kappa shape index (κ2) is 14.2. The summed E-state index contributed by atoms with van der Waals surface area (Å²) in [6.07, 6.45) is -0.681. The average molecular weight is 585 g/mol. The molecule has 42 heavy (non-hydrogen) atoms. The molecule has 0 aromatic heterocycles. The minimum Gasteiger partial charge on any atom is -0.478 e. The summed E-state index contributed by atoms with van der Waals surface area (Å²) >= 11 is 1.44. The summed E-state index contributed by atoms with van der Waals surface area (Å²) in [6.45, 7) is 0.362.